The van der Waals surface area contributed by atoms with Gasteiger partial charge in [-0.15, -0.1) is 0 Å². The van der Waals surface area contributed by atoms with Crippen LogP contribution in [-0.2, 0) is 21.6 Å². The molecule has 4 atom stereocenters. The smallest absolute Gasteiger partial charge is 0.362 e. The molecule has 0 spiro atoms. The quantitative estimate of drug-likeness (QED) is 0.828. The third kappa shape index (κ3) is 2.47. The Kier molecular flexibility index (Phi) is 3.55. The van der Waals surface area contributed by atoms with E-state index in [9.17, 15) is 13.2 Å². The molecule has 1 aromatic carbocycles. The SMILES string of the molecule is C[C@]12CC[C@H]3c4ccc(OS(=O)(=O)O)cc4CC[C@H]3[C@H]1CCC2=O. The average molecular weight is 350 g/mol. The van der Waals surface area contributed by atoms with Gasteiger partial charge in [0.2, 0.25) is 0 Å². The van der Waals surface area contributed by atoms with Crippen LogP contribution >= 0.6 is 0 Å². The summed E-state index contributed by atoms with van der Waals surface area (Å²) in [7, 11) is -4.49. The molecule has 1 aromatic rings. The molecule has 130 valence electrons. The molecule has 24 heavy (non-hydrogen) atoms. The average Bonchev–Trinajstić information content (AvgIpc) is 2.81. The first-order valence-corrected chi connectivity index (χ1v) is 9.97. The van der Waals surface area contributed by atoms with Crippen molar-refractivity contribution in [3.05, 3.63) is 29.3 Å². The van der Waals surface area contributed by atoms with Crippen LogP contribution in [0.15, 0.2) is 18.2 Å². The van der Waals surface area contributed by atoms with Crippen LogP contribution in [0.2, 0.25) is 0 Å². The van der Waals surface area contributed by atoms with Gasteiger partial charge in [-0.2, -0.15) is 8.42 Å². The normalized spacial score (nSPS) is 35.1. The molecular weight excluding hydrogens is 328 g/mol. The highest BCUT2D eigenvalue weighted by atomic mass is 32.3. The number of hydrogen-bond acceptors (Lipinski definition) is 4. The lowest BCUT2D eigenvalue weighted by atomic mass is 9.55. The van der Waals surface area contributed by atoms with Gasteiger partial charge >= 0.3 is 10.4 Å². The second-order valence-corrected chi connectivity index (χ2v) is 8.73. The molecule has 3 aliphatic carbocycles. The first-order chi connectivity index (χ1) is 11.3. The highest BCUT2D eigenvalue weighted by molar-refractivity contribution is 7.81. The van der Waals surface area contributed by atoms with Crippen molar-refractivity contribution in [2.45, 2.75) is 51.4 Å². The second kappa shape index (κ2) is 5.30. The maximum atomic E-state index is 12.3. The Balaban J connectivity index is 1.65. The fourth-order valence-corrected chi connectivity index (χ4v) is 5.85. The van der Waals surface area contributed by atoms with Crippen molar-refractivity contribution in [2.75, 3.05) is 0 Å². The van der Waals surface area contributed by atoms with Crippen molar-refractivity contribution in [1.29, 1.82) is 0 Å². The zero-order valence-corrected chi connectivity index (χ0v) is 14.5. The molecule has 2 fully saturated rings. The molecule has 0 aromatic heterocycles. The number of rotatable bonds is 2. The lowest BCUT2D eigenvalue weighted by Crippen LogP contribution is -2.42. The summed E-state index contributed by atoms with van der Waals surface area (Å²) in [6, 6.07) is 5.28. The second-order valence-electron chi connectivity index (χ2n) is 7.71. The maximum absolute atomic E-state index is 12.3. The molecule has 5 nitrogen and oxygen atoms in total. The van der Waals surface area contributed by atoms with Crippen molar-refractivity contribution in [1.82, 2.24) is 0 Å². The Morgan fingerprint density at radius 3 is 2.75 bits per heavy atom. The molecule has 0 unspecified atom stereocenters. The molecule has 0 radical (unpaired) electrons. The topological polar surface area (TPSA) is 80.7 Å². The van der Waals surface area contributed by atoms with Crippen LogP contribution in [0.5, 0.6) is 5.75 Å². The van der Waals surface area contributed by atoms with Crippen LogP contribution < -0.4 is 4.18 Å². The number of carbonyl (C=O) groups is 1. The Labute approximate surface area is 142 Å². The fraction of sp³-hybridized carbons (Fsp3) is 0.611. The van der Waals surface area contributed by atoms with E-state index in [1.54, 1.807) is 12.1 Å². The van der Waals surface area contributed by atoms with Gasteiger partial charge in [-0.25, -0.2) is 0 Å². The van der Waals surface area contributed by atoms with Crippen molar-refractivity contribution >= 4 is 16.2 Å². The van der Waals surface area contributed by atoms with Crippen LogP contribution in [0.1, 0.15) is 56.1 Å². The van der Waals surface area contributed by atoms with Crippen LogP contribution in [0.3, 0.4) is 0 Å². The number of benzene rings is 1. The lowest BCUT2D eigenvalue weighted by molar-refractivity contribution is -0.129. The number of ketones is 1. The standard InChI is InChI=1S/C18H22O5S/c1-18-9-8-14-13-5-3-12(23-24(20,21)22)10-11(13)2-4-15(14)16(18)6-7-17(18)19/h3,5,10,14-16H,2,4,6-9H2,1H3,(H,20,21,22)/t14-,15+,16+,18-/m0/s1. The van der Waals surface area contributed by atoms with E-state index in [1.807, 2.05) is 6.07 Å². The molecule has 6 heteroatoms. The monoisotopic (exact) mass is 350 g/mol. The number of aryl methyl sites for hydroxylation is 1. The van der Waals surface area contributed by atoms with E-state index in [1.165, 1.54) is 5.56 Å². The Hall–Kier alpha value is -1.40. The molecule has 3 aliphatic rings. The summed E-state index contributed by atoms with van der Waals surface area (Å²) < 4.78 is 35.2. The van der Waals surface area contributed by atoms with E-state index in [0.29, 0.717) is 23.5 Å². The highest BCUT2D eigenvalue weighted by Gasteiger charge is 2.54. The van der Waals surface area contributed by atoms with Gasteiger partial charge in [0.25, 0.3) is 0 Å². The predicted molar refractivity (Wildman–Crippen MR) is 88.2 cm³/mol. The molecule has 0 aliphatic heterocycles. The van der Waals surface area contributed by atoms with E-state index in [2.05, 4.69) is 11.1 Å². The molecule has 0 bridgehead atoms. The van der Waals surface area contributed by atoms with E-state index in [-0.39, 0.29) is 11.2 Å². The van der Waals surface area contributed by atoms with E-state index >= 15 is 0 Å². The summed E-state index contributed by atoms with van der Waals surface area (Å²) >= 11 is 0. The van der Waals surface area contributed by atoms with Crippen LogP contribution in [-0.4, -0.2) is 18.8 Å². The van der Waals surface area contributed by atoms with E-state index in [4.69, 9.17) is 4.55 Å². The maximum Gasteiger partial charge on any atom is 0.446 e. The van der Waals surface area contributed by atoms with Crippen molar-refractivity contribution in [3.8, 4) is 5.75 Å². The van der Waals surface area contributed by atoms with Crippen molar-refractivity contribution in [3.63, 3.8) is 0 Å². The third-order valence-electron chi connectivity index (χ3n) is 6.61. The summed E-state index contributed by atoms with van der Waals surface area (Å²) in [6.07, 6.45) is 5.57. The summed E-state index contributed by atoms with van der Waals surface area (Å²) in [4.78, 5) is 12.3. The molecule has 0 saturated heterocycles. The van der Waals surface area contributed by atoms with Crippen LogP contribution in [0.25, 0.3) is 0 Å². The Morgan fingerprint density at radius 2 is 2.00 bits per heavy atom. The number of fused-ring (bicyclic) bond motifs is 5. The molecule has 4 rings (SSSR count). The summed E-state index contributed by atoms with van der Waals surface area (Å²) in [5.41, 5.74) is 2.23. The molecule has 0 heterocycles. The third-order valence-corrected chi connectivity index (χ3v) is 7.01. The summed E-state index contributed by atoms with van der Waals surface area (Å²) in [6.45, 7) is 2.15. The minimum Gasteiger partial charge on any atom is -0.362 e. The van der Waals surface area contributed by atoms with E-state index < -0.39 is 10.4 Å². The van der Waals surface area contributed by atoms with Gasteiger partial charge in [-0.1, -0.05) is 13.0 Å². The lowest BCUT2D eigenvalue weighted by Gasteiger charge is -2.48. The zero-order chi connectivity index (χ0) is 17.1. The largest absolute Gasteiger partial charge is 0.446 e. The zero-order valence-electron chi connectivity index (χ0n) is 13.7. The van der Waals surface area contributed by atoms with Crippen molar-refractivity contribution < 1.29 is 21.9 Å². The van der Waals surface area contributed by atoms with E-state index in [0.717, 1.165) is 44.1 Å². The minimum atomic E-state index is -4.49. The number of Topliss-reactive ketones (excluding diaryl/α,β-unsaturated/α-hetero) is 1. The van der Waals surface area contributed by atoms with Gasteiger partial charge in [0.1, 0.15) is 11.5 Å². The summed E-state index contributed by atoms with van der Waals surface area (Å²) in [5, 5.41) is 0. The minimum absolute atomic E-state index is 0.132. The number of hydrogen-bond donors (Lipinski definition) is 1. The highest BCUT2D eigenvalue weighted by Crippen LogP contribution is 2.59. The van der Waals surface area contributed by atoms with Crippen LogP contribution in [0, 0.1) is 17.3 Å². The molecule has 0 amide bonds. The van der Waals surface area contributed by atoms with Gasteiger partial charge in [0, 0.05) is 11.8 Å². The first kappa shape index (κ1) is 16.1. The molecular formula is C18H22O5S. The van der Waals surface area contributed by atoms with Gasteiger partial charge < -0.3 is 4.18 Å². The van der Waals surface area contributed by atoms with Crippen LogP contribution in [0.4, 0.5) is 0 Å². The molecule has 2 saturated carbocycles. The Morgan fingerprint density at radius 1 is 1.21 bits per heavy atom. The molecule has 1 N–H and O–H groups in total. The first-order valence-electron chi connectivity index (χ1n) is 8.61. The van der Waals surface area contributed by atoms with Crippen molar-refractivity contribution in [2.24, 2.45) is 17.3 Å². The van der Waals surface area contributed by atoms with Gasteiger partial charge in [-0.05, 0) is 73.1 Å². The van der Waals surface area contributed by atoms with Gasteiger partial charge in [0.15, 0.2) is 0 Å². The van der Waals surface area contributed by atoms with Gasteiger partial charge in [-0.3, -0.25) is 9.35 Å². The predicted octanol–water partition coefficient (Wildman–Crippen LogP) is 3.29. The Bertz CT molecular complexity index is 800. The number of carbonyl (C=O) groups excluding carboxylic acids is 1. The van der Waals surface area contributed by atoms with Gasteiger partial charge in [0.05, 0.1) is 0 Å². The summed E-state index contributed by atoms with van der Waals surface area (Å²) in [5.74, 6) is 2.05. The fourth-order valence-electron chi connectivity index (χ4n) is 5.50.